The van der Waals surface area contributed by atoms with E-state index in [4.69, 9.17) is 0 Å². The number of carbonyl (C=O) groups excluding carboxylic acids is 2. The van der Waals surface area contributed by atoms with E-state index in [1.165, 1.54) is 0 Å². The molecular weight excluding hydrogens is 367 g/mol. The van der Waals surface area contributed by atoms with Crippen LogP contribution < -0.4 is 5.32 Å². The molecule has 0 aliphatic carbocycles. The fraction of sp³-hybridized carbons (Fsp3) is 0.647. The highest BCUT2D eigenvalue weighted by molar-refractivity contribution is 7.10. The maximum absolute atomic E-state index is 12.7. The molecule has 0 aromatic carbocycles. The van der Waals surface area contributed by atoms with Gasteiger partial charge in [0.15, 0.2) is 0 Å². The van der Waals surface area contributed by atoms with Gasteiger partial charge >= 0.3 is 12.1 Å². The second-order valence-corrected chi connectivity index (χ2v) is 7.13. The molecule has 2 unspecified atom stereocenters. The van der Waals surface area contributed by atoms with Gasteiger partial charge < -0.3 is 10.2 Å². The van der Waals surface area contributed by atoms with Gasteiger partial charge in [0.25, 0.3) is 0 Å². The molecule has 146 valence electrons. The van der Waals surface area contributed by atoms with Crippen LogP contribution in [0.15, 0.2) is 17.5 Å². The SMILES string of the molecule is CCN(CC)C(CNC(=O)C1CCCN1C(=O)C(F)(F)F)c1cccs1. The average molecular weight is 391 g/mol. The lowest BCUT2D eigenvalue weighted by atomic mass is 10.1. The molecule has 1 saturated heterocycles. The number of likely N-dealkylation sites (N-methyl/N-ethyl adjacent to an activating group) is 1. The van der Waals surface area contributed by atoms with E-state index >= 15 is 0 Å². The van der Waals surface area contributed by atoms with E-state index in [0.717, 1.165) is 18.0 Å². The van der Waals surface area contributed by atoms with Crippen molar-refractivity contribution in [1.82, 2.24) is 15.1 Å². The van der Waals surface area contributed by atoms with Crippen molar-refractivity contribution in [3.05, 3.63) is 22.4 Å². The Labute approximate surface area is 155 Å². The number of hydrogen-bond donors (Lipinski definition) is 1. The van der Waals surface area contributed by atoms with E-state index in [1.807, 2.05) is 31.4 Å². The summed E-state index contributed by atoms with van der Waals surface area (Å²) in [6, 6.07) is 2.82. The van der Waals surface area contributed by atoms with Crippen molar-refractivity contribution < 1.29 is 22.8 Å². The molecule has 2 rings (SSSR count). The summed E-state index contributed by atoms with van der Waals surface area (Å²) in [7, 11) is 0. The molecule has 0 spiro atoms. The lowest BCUT2D eigenvalue weighted by Crippen LogP contribution is -2.51. The van der Waals surface area contributed by atoms with Gasteiger partial charge in [-0.2, -0.15) is 13.2 Å². The quantitative estimate of drug-likeness (QED) is 0.778. The summed E-state index contributed by atoms with van der Waals surface area (Å²) < 4.78 is 38.1. The first-order valence-electron chi connectivity index (χ1n) is 8.72. The Balaban J connectivity index is 2.04. The van der Waals surface area contributed by atoms with Gasteiger partial charge in [-0.25, -0.2) is 0 Å². The first kappa shape index (κ1) is 20.7. The minimum atomic E-state index is -4.95. The zero-order valence-electron chi connectivity index (χ0n) is 14.9. The fourth-order valence-corrected chi connectivity index (χ4v) is 4.18. The summed E-state index contributed by atoms with van der Waals surface area (Å²) >= 11 is 1.58. The number of amides is 2. The number of halogens is 3. The molecule has 1 aromatic heterocycles. The van der Waals surface area contributed by atoms with Gasteiger partial charge in [0, 0.05) is 18.0 Å². The van der Waals surface area contributed by atoms with Crippen LogP contribution in [0, 0.1) is 0 Å². The van der Waals surface area contributed by atoms with Crippen molar-refractivity contribution in [2.75, 3.05) is 26.2 Å². The van der Waals surface area contributed by atoms with E-state index < -0.39 is 24.0 Å². The zero-order valence-corrected chi connectivity index (χ0v) is 15.7. The van der Waals surface area contributed by atoms with Gasteiger partial charge in [0.05, 0.1) is 6.04 Å². The van der Waals surface area contributed by atoms with E-state index in [0.29, 0.717) is 17.9 Å². The smallest absolute Gasteiger partial charge is 0.352 e. The molecule has 26 heavy (non-hydrogen) atoms. The fourth-order valence-electron chi connectivity index (χ4n) is 3.32. The lowest BCUT2D eigenvalue weighted by Gasteiger charge is -2.30. The third kappa shape index (κ3) is 4.76. The van der Waals surface area contributed by atoms with Crippen molar-refractivity contribution in [3.63, 3.8) is 0 Å². The Morgan fingerprint density at radius 1 is 1.38 bits per heavy atom. The molecule has 0 bridgehead atoms. The molecule has 1 aromatic rings. The van der Waals surface area contributed by atoms with Crippen LogP contribution in [-0.2, 0) is 9.59 Å². The minimum absolute atomic E-state index is 0.0397. The first-order chi connectivity index (χ1) is 12.3. The summed E-state index contributed by atoms with van der Waals surface area (Å²) in [5.41, 5.74) is 0. The van der Waals surface area contributed by atoms with Gasteiger partial charge in [0.2, 0.25) is 5.91 Å². The zero-order chi connectivity index (χ0) is 19.3. The number of alkyl halides is 3. The molecule has 5 nitrogen and oxygen atoms in total. The van der Waals surface area contributed by atoms with Gasteiger partial charge in [-0.1, -0.05) is 19.9 Å². The Morgan fingerprint density at radius 3 is 2.62 bits per heavy atom. The van der Waals surface area contributed by atoms with Crippen LogP contribution in [0.2, 0.25) is 0 Å². The Bertz CT molecular complexity index is 603. The summed E-state index contributed by atoms with van der Waals surface area (Å²) in [5.74, 6) is -2.46. The topological polar surface area (TPSA) is 52.7 Å². The Morgan fingerprint density at radius 2 is 2.08 bits per heavy atom. The largest absolute Gasteiger partial charge is 0.471 e. The molecule has 1 N–H and O–H groups in total. The predicted molar refractivity (Wildman–Crippen MR) is 93.8 cm³/mol. The van der Waals surface area contributed by atoms with Crippen LogP contribution >= 0.6 is 11.3 Å². The van der Waals surface area contributed by atoms with Crippen molar-refractivity contribution in [1.29, 1.82) is 0 Å². The molecule has 0 saturated carbocycles. The van der Waals surface area contributed by atoms with Crippen molar-refractivity contribution in [3.8, 4) is 0 Å². The second-order valence-electron chi connectivity index (χ2n) is 6.15. The highest BCUT2D eigenvalue weighted by Crippen LogP contribution is 2.27. The number of nitrogens with zero attached hydrogens (tertiary/aromatic N) is 2. The molecule has 9 heteroatoms. The third-order valence-corrected chi connectivity index (χ3v) is 5.63. The van der Waals surface area contributed by atoms with Crippen LogP contribution in [0.25, 0.3) is 0 Å². The van der Waals surface area contributed by atoms with Gasteiger partial charge in [-0.3, -0.25) is 14.5 Å². The lowest BCUT2D eigenvalue weighted by molar-refractivity contribution is -0.186. The van der Waals surface area contributed by atoms with Crippen LogP contribution in [0.4, 0.5) is 13.2 Å². The van der Waals surface area contributed by atoms with Crippen LogP contribution in [0.3, 0.4) is 0 Å². The summed E-state index contributed by atoms with van der Waals surface area (Å²) in [6.07, 6.45) is -4.31. The maximum Gasteiger partial charge on any atom is 0.471 e. The first-order valence-corrected chi connectivity index (χ1v) is 9.60. The van der Waals surface area contributed by atoms with Crippen molar-refractivity contribution in [2.45, 2.75) is 44.9 Å². The molecule has 2 heterocycles. The summed E-state index contributed by atoms with van der Waals surface area (Å²) in [6.45, 7) is 5.87. The van der Waals surface area contributed by atoms with Crippen LogP contribution in [0.1, 0.15) is 37.6 Å². The van der Waals surface area contributed by atoms with E-state index in [1.54, 1.807) is 11.3 Å². The van der Waals surface area contributed by atoms with E-state index in [2.05, 4.69) is 10.2 Å². The van der Waals surface area contributed by atoms with E-state index in [-0.39, 0.29) is 19.0 Å². The average Bonchev–Trinajstić information content (AvgIpc) is 3.28. The second kappa shape index (κ2) is 8.85. The Hall–Kier alpha value is -1.61. The van der Waals surface area contributed by atoms with E-state index in [9.17, 15) is 22.8 Å². The standard InChI is InChI=1S/C17H24F3N3O2S/c1-3-22(4-2)13(14-8-6-10-26-14)11-21-15(24)12-7-5-9-23(12)16(25)17(18,19)20/h6,8,10,12-13H,3-5,7,9,11H2,1-2H3,(H,21,24). The molecular formula is C17H24F3N3O2S. The Kier molecular flexibility index (Phi) is 7.05. The highest BCUT2D eigenvalue weighted by atomic mass is 32.1. The van der Waals surface area contributed by atoms with Crippen LogP contribution in [0.5, 0.6) is 0 Å². The molecule has 1 aliphatic rings. The number of carbonyl (C=O) groups is 2. The van der Waals surface area contributed by atoms with Crippen LogP contribution in [-0.4, -0.2) is 60.0 Å². The van der Waals surface area contributed by atoms with Gasteiger partial charge in [-0.15, -0.1) is 11.3 Å². The summed E-state index contributed by atoms with van der Waals surface area (Å²) in [4.78, 5) is 27.9. The number of rotatable bonds is 7. The monoisotopic (exact) mass is 391 g/mol. The third-order valence-electron chi connectivity index (χ3n) is 4.65. The minimum Gasteiger partial charge on any atom is -0.352 e. The number of likely N-dealkylation sites (tertiary alicyclic amines) is 1. The number of hydrogen-bond acceptors (Lipinski definition) is 4. The molecule has 0 radical (unpaired) electrons. The molecule has 2 atom stereocenters. The molecule has 2 amide bonds. The van der Waals surface area contributed by atoms with Crippen molar-refractivity contribution >= 4 is 23.2 Å². The highest BCUT2D eigenvalue weighted by Gasteiger charge is 2.47. The maximum atomic E-state index is 12.7. The van der Waals surface area contributed by atoms with Gasteiger partial charge in [-0.05, 0) is 37.4 Å². The summed E-state index contributed by atoms with van der Waals surface area (Å²) in [5, 5.41) is 4.72. The number of nitrogens with one attached hydrogen (secondary N) is 1. The number of thiophene rings is 1. The van der Waals surface area contributed by atoms with Crippen molar-refractivity contribution in [2.24, 2.45) is 0 Å². The molecule has 1 aliphatic heterocycles. The molecule has 1 fully saturated rings. The van der Waals surface area contributed by atoms with Gasteiger partial charge in [0.1, 0.15) is 6.04 Å². The predicted octanol–water partition coefficient (Wildman–Crippen LogP) is 2.80. The normalized spacial score (nSPS) is 19.0.